The number of nitrogens with zero attached hydrogens (tertiary/aromatic N) is 6. The Labute approximate surface area is 737 Å². The Bertz CT molecular complexity index is 7150. The number of hydrogen-bond acceptors (Lipinski definition) is 14. The zero-order chi connectivity index (χ0) is 86.8. The zero-order valence-corrected chi connectivity index (χ0v) is 70.1. The molecule has 16 aromatic carbocycles. The van der Waals surface area contributed by atoms with E-state index >= 15 is 0 Å². The van der Waals surface area contributed by atoms with E-state index in [1.54, 1.807) is 48.5 Å². The third kappa shape index (κ3) is 14.3. The number of aromatic hydroxyl groups is 4. The van der Waals surface area contributed by atoms with E-state index in [0.717, 1.165) is 66.8 Å². The molecule has 0 radical (unpaired) electrons. The predicted octanol–water partition coefficient (Wildman–Crippen LogP) is 26.3. The minimum Gasteiger partial charge on any atom is -0.508 e. The van der Waals surface area contributed by atoms with Crippen LogP contribution >= 0.6 is 0 Å². The van der Waals surface area contributed by atoms with Crippen molar-refractivity contribution in [3.63, 3.8) is 0 Å². The standard InChI is InChI=1S/C112H82N8O8/c1-109(69-17-9-5-10-18-69,73-25-41-81(121)42-26-73)77-33-49-85(50-34-77)125-89-57-61-93-97(65-89)105-115-101(93)113-102-95-63-59-91(127-87-53-37-79(38-54-87)111(3,71-21-13-7-14-22-71)75-29-45-83(123)46-30-75)67-99(95)107(117-102)120-108-100-68-92(128-88-55-39-80(40-56-88)112(4,72-23-15-8-16-24-72)76-31-47-84(124)48-32-76)60-64-96(100)104(118-108)114-103-94-62-58-90(66-98(94)106(116-103)119-105)126-86-51-35-78(36-52-86)110(2,70-19-11-6-12-20-70)74-27-43-82(122)44-28-74/h5-68,121-124H,1-4H3,(H2,113,114,115,116,117,118,119,120). The summed E-state index contributed by atoms with van der Waals surface area (Å²) in [4.78, 5) is 40.1. The summed E-state index contributed by atoms with van der Waals surface area (Å²) in [5.74, 6) is 6.68. The maximum absolute atomic E-state index is 10.4. The average molecular weight is 1670 g/mol. The minimum absolute atomic E-state index is 0.193. The molecule has 5 heterocycles. The lowest BCUT2D eigenvalue weighted by Crippen LogP contribution is -2.25. The van der Waals surface area contributed by atoms with Crippen LogP contribution in [0.5, 0.6) is 69.0 Å². The number of aromatic nitrogens is 8. The topological polar surface area (TPSA) is 227 Å². The Hall–Kier alpha value is -16.7. The number of fused-ring (bicyclic) bond motifs is 20. The maximum Gasteiger partial charge on any atom is 0.164 e. The Balaban J connectivity index is 0.712. The van der Waals surface area contributed by atoms with Gasteiger partial charge in [0.15, 0.2) is 23.3 Å². The van der Waals surface area contributed by atoms with Gasteiger partial charge in [-0.3, -0.25) is 0 Å². The number of phenolic OH excluding ortho intramolecular Hbond substituents is 4. The van der Waals surface area contributed by atoms with Crippen LogP contribution in [-0.2, 0) is 21.7 Å². The van der Waals surface area contributed by atoms with Gasteiger partial charge >= 0.3 is 0 Å². The monoisotopic (exact) mass is 1670 g/mol. The number of H-pyrrole nitrogens is 2. The van der Waals surface area contributed by atoms with Crippen LogP contribution in [0, 0.1) is 0 Å². The van der Waals surface area contributed by atoms with Gasteiger partial charge in [0.25, 0.3) is 0 Å². The van der Waals surface area contributed by atoms with Crippen LogP contribution in [-0.4, -0.2) is 60.3 Å². The lowest BCUT2D eigenvalue weighted by Gasteiger charge is -2.32. The van der Waals surface area contributed by atoms with Crippen molar-refractivity contribution in [1.82, 2.24) is 39.9 Å². The zero-order valence-electron chi connectivity index (χ0n) is 70.1. The van der Waals surface area contributed by atoms with Crippen LogP contribution in [0.4, 0.5) is 0 Å². The first-order valence-electron chi connectivity index (χ1n) is 42.4. The third-order valence-corrected chi connectivity index (χ3v) is 25.6. The fourth-order valence-corrected chi connectivity index (χ4v) is 18.2. The first-order chi connectivity index (χ1) is 62.4. The van der Waals surface area contributed by atoms with Gasteiger partial charge in [-0.25, -0.2) is 29.9 Å². The van der Waals surface area contributed by atoms with Crippen LogP contribution in [0.25, 0.3) is 89.7 Å². The highest BCUT2D eigenvalue weighted by Gasteiger charge is 2.37. The summed E-state index contributed by atoms with van der Waals surface area (Å²) in [5.41, 5.74) is 14.6. The van der Waals surface area contributed by atoms with Crippen molar-refractivity contribution in [1.29, 1.82) is 0 Å². The van der Waals surface area contributed by atoms with E-state index in [4.69, 9.17) is 48.9 Å². The summed E-state index contributed by atoms with van der Waals surface area (Å²) in [6, 6.07) is 127. The number of ether oxygens (including phenoxy) is 4. The molecule has 0 aliphatic carbocycles. The summed E-state index contributed by atoms with van der Waals surface area (Å²) in [7, 11) is 0. The molecule has 4 unspecified atom stereocenters. The summed E-state index contributed by atoms with van der Waals surface area (Å²) in [5, 5.41) is 44.4. The molecule has 4 atom stereocenters. The second-order valence-corrected chi connectivity index (χ2v) is 33.1. The molecule has 2 aliphatic rings. The minimum atomic E-state index is -0.583. The van der Waals surface area contributed by atoms with Crippen molar-refractivity contribution in [2.45, 2.75) is 49.4 Å². The normalized spacial score (nSPS) is 13.5. The van der Waals surface area contributed by atoms with Gasteiger partial charge in [-0.05, 0) is 264 Å². The number of phenols is 4. The molecule has 0 saturated heterocycles. The van der Waals surface area contributed by atoms with Gasteiger partial charge in [-0.1, -0.05) is 218 Å². The van der Waals surface area contributed by atoms with E-state index in [-0.39, 0.29) is 23.0 Å². The van der Waals surface area contributed by atoms with E-state index < -0.39 is 21.7 Å². The molecule has 21 rings (SSSR count). The average Bonchev–Trinajstić information content (AvgIpc) is 1.61. The van der Waals surface area contributed by atoms with Crippen molar-refractivity contribution < 1.29 is 39.4 Å². The van der Waals surface area contributed by atoms with Crippen LogP contribution < -0.4 is 18.9 Å². The Kier molecular flexibility index (Phi) is 19.6. The van der Waals surface area contributed by atoms with Gasteiger partial charge in [0, 0.05) is 65.5 Å². The third-order valence-electron chi connectivity index (χ3n) is 25.6. The van der Waals surface area contributed by atoms with Gasteiger partial charge in [-0.2, -0.15) is 0 Å². The Morgan fingerprint density at radius 3 is 0.633 bits per heavy atom. The molecule has 0 spiro atoms. The van der Waals surface area contributed by atoms with Gasteiger partial charge in [0.2, 0.25) is 0 Å². The second kappa shape index (κ2) is 31.9. The number of nitrogens with one attached hydrogen (secondary N) is 2. The molecule has 128 heavy (non-hydrogen) atoms. The highest BCUT2D eigenvalue weighted by molar-refractivity contribution is 6.07. The number of rotatable bonds is 20. The molecule has 8 bridgehead atoms. The largest absolute Gasteiger partial charge is 0.508 e. The molecule has 0 amide bonds. The van der Waals surface area contributed by atoms with Crippen LogP contribution in [0.15, 0.2) is 388 Å². The molecule has 0 saturated carbocycles. The van der Waals surface area contributed by atoms with Crippen molar-refractivity contribution >= 4 is 44.1 Å². The molecular weight excluding hydrogens is 1590 g/mol. The smallest absolute Gasteiger partial charge is 0.164 e. The molecule has 16 heteroatoms. The molecule has 0 fully saturated rings. The van der Waals surface area contributed by atoms with Gasteiger partial charge in [0.1, 0.15) is 91.6 Å². The fraction of sp³-hybridized carbons (Fsp3) is 0.0714. The van der Waals surface area contributed by atoms with Gasteiger partial charge in [0.05, 0.1) is 0 Å². The SMILES string of the molecule is CC(c1ccccc1)(c1ccc(O)cc1)c1ccc(Oc2ccc3c(c2)-c2nc-3nc3[nH]c(nc4nc(nc5[nH]c(n2)c2cc(Oc6ccc(C(C)(c7ccccc7)c7ccc(O)cc7)cc6)ccc52)-c2ccc(Oc5ccc(C(C)(c6ccccc6)c6ccc(O)cc6)cc5)cc2-4)c2cc(Oc4ccc(C(C)(c5ccccc5)c5ccc(O)cc5)cc4)ccc32)cc1. The molecule has 6 N–H and O–H groups in total. The number of aromatic amines is 2. The fourth-order valence-electron chi connectivity index (χ4n) is 18.2. The molecule has 2 aliphatic heterocycles. The van der Waals surface area contributed by atoms with Crippen molar-refractivity contribution in [2.24, 2.45) is 0 Å². The lowest BCUT2D eigenvalue weighted by molar-refractivity contribution is 0.474. The van der Waals surface area contributed by atoms with E-state index in [9.17, 15) is 20.4 Å². The molecule has 3 aromatic heterocycles. The first kappa shape index (κ1) is 78.5. The van der Waals surface area contributed by atoms with Crippen LogP contribution in [0.1, 0.15) is 94.5 Å². The van der Waals surface area contributed by atoms with Gasteiger partial charge < -0.3 is 49.3 Å². The highest BCUT2D eigenvalue weighted by Crippen LogP contribution is 2.49. The quantitative estimate of drug-likeness (QED) is 0.0390. The summed E-state index contributed by atoms with van der Waals surface area (Å²) in [6.07, 6.45) is 0. The summed E-state index contributed by atoms with van der Waals surface area (Å²) in [6.45, 7) is 8.77. The second-order valence-electron chi connectivity index (χ2n) is 33.1. The lowest BCUT2D eigenvalue weighted by atomic mass is 9.71. The number of hydrogen-bond donors (Lipinski definition) is 6. The van der Waals surface area contributed by atoms with Gasteiger partial charge in [-0.15, -0.1) is 0 Å². The van der Waals surface area contributed by atoms with E-state index in [1.165, 1.54) is 0 Å². The van der Waals surface area contributed by atoms with E-state index in [1.807, 2.05) is 243 Å². The highest BCUT2D eigenvalue weighted by atomic mass is 16.5. The van der Waals surface area contributed by atoms with Crippen LogP contribution in [0.3, 0.4) is 0 Å². The summed E-state index contributed by atoms with van der Waals surface area (Å²) >= 11 is 0. The molecule has 618 valence electrons. The Morgan fingerprint density at radius 2 is 0.383 bits per heavy atom. The summed E-state index contributed by atoms with van der Waals surface area (Å²) < 4.78 is 27.4. The van der Waals surface area contributed by atoms with Crippen molar-refractivity contribution in [3.05, 3.63) is 455 Å². The Morgan fingerprint density at radius 1 is 0.188 bits per heavy atom. The molecule has 19 aromatic rings. The predicted molar refractivity (Wildman–Crippen MR) is 503 cm³/mol. The maximum atomic E-state index is 10.4. The van der Waals surface area contributed by atoms with Crippen LogP contribution in [0.2, 0.25) is 0 Å². The molecule has 16 nitrogen and oxygen atoms in total. The van der Waals surface area contributed by atoms with E-state index in [0.29, 0.717) is 136 Å². The molecular formula is C112H82N8O8. The van der Waals surface area contributed by atoms with E-state index in [2.05, 4.69) is 135 Å². The van der Waals surface area contributed by atoms with Crippen molar-refractivity contribution in [3.8, 4) is 115 Å². The number of benzene rings is 16. The first-order valence-corrected chi connectivity index (χ1v) is 42.4. The van der Waals surface area contributed by atoms with Crippen molar-refractivity contribution in [2.75, 3.05) is 0 Å².